The zero-order valence-electron chi connectivity index (χ0n) is 27.3. The zero-order valence-corrected chi connectivity index (χ0v) is 27.3. The molecule has 1 aliphatic rings. The predicted octanol–water partition coefficient (Wildman–Crippen LogP) is 10.00. The van der Waals surface area contributed by atoms with Crippen LogP contribution in [0.2, 0.25) is 0 Å². The Kier molecular flexibility index (Phi) is 23.5. The molecule has 0 aromatic rings. The van der Waals surface area contributed by atoms with E-state index in [0.717, 1.165) is 18.3 Å². The Labute approximate surface area is 245 Å². The first-order valence-corrected chi connectivity index (χ1v) is 17.4. The quantitative estimate of drug-likeness (QED) is 0.0527. The molecule has 2 atom stereocenters. The van der Waals surface area contributed by atoms with Crippen molar-refractivity contribution in [2.24, 2.45) is 11.8 Å². The van der Waals surface area contributed by atoms with Crippen LogP contribution in [0.4, 0.5) is 0 Å². The molecule has 0 aliphatic heterocycles. The first-order chi connectivity index (χ1) is 19.0. The third-order valence-corrected chi connectivity index (χ3v) is 9.06. The third kappa shape index (κ3) is 21.8. The van der Waals surface area contributed by atoms with Crippen molar-refractivity contribution in [3.8, 4) is 0 Å². The summed E-state index contributed by atoms with van der Waals surface area (Å²) < 4.78 is 4.99. The van der Waals surface area contributed by atoms with Gasteiger partial charge in [-0.3, -0.25) is 14.6 Å². The molecule has 232 valence electrons. The second-order valence-corrected chi connectivity index (χ2v) is 13.2. The maximum atomic E-state index is 11.3. The normalized spacial score (nSPS) is 17.0. The Balaban J connectivity index is 1.73. The second-order valence-electron chi connectivity index (χ2n) is 13.2. The molecule has 0 bridgehead atoms. The number of hydrogen-bond acceptors (Lipinski definition) is 4. The van der Waals surface area contributed by atoms with Gasteiger partial charge in [0.25, 0.3) is 0 Å². The Hall–Kier alpha value is -0.610. The highest BCUT2D eigenvalue weighted by Gasteiger charge is 2.34. The van der Waals surface area contributed by atoms with E-state index in [2.05, 4.69) is 38.0 Å². The number of hydrogen-bond donors (Lipinski definition) is 0. The van der Waals surface area contributed by atoms with Crippen LogP contribution in [0.15, 0.2) is 0 Å². The maximum absolute atomic E-state index is 11.3. The molecule has 1 fully saturated rings. The number of esters is 1. The van der Waals surface area contributed by atoms with E-state index in [4.69, 9.17) is 4.74 Å². The van der Waals surface area contributed by atoms with E-state index >= 15 is 0 Å². The fraction of sp³-hybridized carbons (Fsp3) is 0.971. The average molecular weight is 551 g/mol. The molecule has 0 heterocycles. The van der Waals surface area contributed by atoms with Crippen LogP contribution in [0.25, 0.3) is 0 Å². The lowest BCUT2D eigenvalue weighted by molar-refractivity contribution is -0.143. The van der Waals surface area contributed by atoms with Crippen LogP contribution in [0.5, 0.6) is 0 Å². The van der Waals surface area contributed by atoms with Gasteiger partial charge in [0, 0.05) is 6.42 Å². The number of rotatable bonds is 29. The number of carbonyl (C=O) groups excluding carboxylic acids is 1. The van der Waals surface area contributed by atoms with Crippen LogP contribution in [0.3, 0.4) is 0 Å². The molecule has 0 aromatic heterocycles. The van der Waals surface area contributed by atoms with Crippen LogP contribution in [-0.4, -0.2) is 56.7 Å². The molecular formula is C35H70N2O2. The van der Waals surface area contributed by atoms with E-state index in [1.165, 1.54) is 148 Å². The zero-order chi connectivity index (χ0) is 28.6. The van der Waals surface area contributed by atoms with E-state index in [9.17, 15) is 4.79 Å². The molecule has 2 unspecified atom stereocenters. The van der Waals surface area contributed by atoms with Gasteiger partial charge in [0.05, 0.1) is 12.8 Å². The summed E-state index contributed by atoms with van der Waals surface area (Å²) in [6.07, 6.45) is 34.9. The molecule has 0 radical (unpaired) electrons. The maximum Gasteiger partial charge on any atom is 0.305 e. The molecule has 4 heteroatoms. The van der Waals surface area contributed by atoms with Crippen LogP contribution in [-0.2, 0) is 9.53 Å². The van der Waals surface area contributed by atoms with E-state index in [0.29, 0.717) is 19.2 Å². The number of unbranched alkanes of at least 4 members (excludes halogenated alkanes) is 18. The summed E-state index contributed by atoms with van der Waals surface area (Å²) in [7, 11) is 8.78. The summed E-state index contributed by atoms with van der Waals surface area (Å²) in [4.78, 5) is 16.0. The molecule has 0 amide bonds. The van der Waals surface area contributed by atoms with Gasteiger partial charge in [-0.2, -0.15) is 0 Å². The highest BCUT2D eigenvalue weighted by atomic mass is 16.5. The van der Waals surface area contributed by atoms with Crippen LogP contribution in [0.1, 0.15) is 167 Å². The Morgan fingerprint density at radius 3 is 1.33 bits per heavy atom. The van der Waals surface area contributed by atoms with Gasteiger partial charge in [0.2, 0.25) is 0 Å². The third-order valence-electron chi connectivity index (χ3n) is 9.06. The van der Waals surface area contributed by atoms with Gasteiger partial charge < -0.3 is 4.74 Å². The lowest BCUT2D eigenvalue weighted by Crippen LogP contribution is -2.40. The van der Waals surface area contributed by atoms with Crippen LogP contribution in [0, 0.1) is 11.8 Å². The lowest BCUT2D eigenvalue weighted by Gasteiger charge is -2.30. The monoisotopic (exact) mass is 551 g/mol. The van der Waals surface area contributed by atoms with E-state index in [1.807, 2.05) is 6.92 Å². The summed E-state index contributed by atoms with van der Waals surface area (Å²) >= 11 is 0. The Bertz CT molecular complexity index is 543. The Morgan fingerprint density at radius 2 is 0.949 bits per heavy atom. The van der Waals surface area contributed by atoms with Crippen molar-refractivity contribution < 1.29 is 9.53 Å². The second kappa shape index (κ2) is 25.1. The minimum absolute atomic E-state index is 0.0223. The lowest BCUT2D eigenvalue weighted by atomic mass is 10.0. The van der Waals surface area contributed by atoms with Gasteiger partial charge in [-0.05, 0) is 66.2 Å². The smallest absolute Gasteiger partial charge is 0.305 e. The summed E-state index contributed by atoms with van der Waals surface area (Å²) in [5.74, 6) is 2.09. The molecule has 0 saturated heterocycles. The predicted molar refractivity (Wildman–Crippen MR) is 170 cm³/mol. The molecule has 0 aromatic carbocycles. The summed E-state index contributed by atoms with van der Waals surface area (Å²) in [5.41, 5.74) is 0. The van der Waals surface area contributed by atoms with Gasteiger partial charge in [-0.25, -0.2) is 0 Å². The van der Waals surface area contributed by atoms with Crippen LogP contribution >= 0.6 is 0 Å². The van der Waals surface area contributed by atoms with Crippen LogP contribution < -0.4 is 0 Å². The van der Waals surface area contributed by atoms with Gasteiger partial charge in [0.15, 0.2) is 0 Å². The number of ether oxygens (including phenoxy) is 1. The SMILES string of the molecule is CCOC(=O)CCCCCCCC1CC1CCCCCCCCCCCCCCCCCC(N(C)C)N(C)C. The molecular weight excluding hydrogens is 480 g/mol. The van der Waals surface area contributed by atoms with Crippen molar-refractivity contribution in [1.82, 2.24) is 9.80 Å². The summed E-state index contributed by atoms with van der Waals surface area (Å²) in [6, 6.07) is 0. The Morgan fingerprint density at radius 1 is 0.590 bits per heavy atom. The van der Waals surface area contributed by atoms with Crippen molar-refractivity contribution in [2.75, 3.05) is 34.8 Å². The van der Waals surface area contributed by atoms with E-state index in [-0.39, 0.29) is 5.97 Å². The first-order valence-electron chi connectivity index (χ1n) is 17.4. The molecule has 1 saturated carbocycles. The molecule has 1 aliphatic carbocycles. The first kappa shape index (κ1) is 36.4. The van der Waals surface area contributed by atoms with Gasteiger partial charge in [-0.1, -0.05) is 135 Å². The summed E-state index contributed by atoms with van der Waals surface area (Å²) in [6.45, 7) is 2.39. The summed E-state index contributed by atoms with van der Waals surface area (Å²) in [5, 5.41) is 0. The van der Waals surface area contributed by atoms with E-state index in [1.54, 1.807) is 0 Å². The molecule has 4 nitrogen and oxygen atoms in total. The molecule has 0 N–H and O–H groups in total. The van der Waals surface area contributed by atoms with Gasteiger partial charge in [0.1, 0.15) is 0 Å². The largest absolute Gasteiger partial charge is 0.466 e. The fourth-order valence-electron chi connectivity index (χ4n) is 6.47. The van der Waals surface area contributed by atoms with Crippen molar-refractivity contribution in [1.29, 1.82) is 0 Å². The molecule has 1 rings (SSSR count). The number of carbonyl (C=O) groups is 1. The molecule has 0 spiro atoms. The minimum atomic E-state index is -0.0223. The number of nitrogens with zero attached hydrogens (tertiary/aromatic N) is 2. The van der Waals surface area contributed by atoms with Crippen molar-refractivity contribution in [3.63, 3.8) is 0 Å². The standard InChI is InChI=1S/C35H70N2O2/c1-6-39-35(38)30-26-22-18-20-24-28-33-31-32(33)27-23-19-16-14-12-10-8-7-9-11-13-15-17-21-25-29-34(36(2)3)37(4)5/h32-34H,6-31H2,1-5H3. The molecule has 39 heavy (non-hydrogen) atoms. The highest BCUT2D eigenvalue weighted by molar-refractivity contribution is 5.69. The van der Waals surface area contributed by atoms with Crippen molar-refractivity contribution in [3.05, 3.63) is 0 Å². The van der Waals surface area contributed by atoms with E-state index < -0.39 is 0 Å². The fourth-order valence-corrected chi connectivity index (χ4v) is 6.47. The van der Waals surface area contributed by atoms with Gasteiger partial charge in [-0.15, -0.1) is 0 Å². The van der Waals surface area contributed by atoms with Crippen molar-refractivity contribution in [2.45, 2.75) is 174 Å². The minimum Gasteiger partial charge on any atom is -0.466 e. The van der Waals surface area contributed by atoms with Crippen molar-refractivity contribution >= 4 is 5.97 Å². The topological polar surface area (TPSA) is 32.8 Å². The highest BCUT2D eigenvalue weighted by Crippen LogP contribution is 2.45. The average Bonchev–Trinajstić information content (AvgIpc) is 3.65. The van der Waals surface area contributed by atoms with Gasteiger partial charge >= 0.3 is 5.97 Å².